The molecule has 14 heavy (non-hydrogen) atoms. The maximum absolute atomic E-state index is 13.0. The van der Waals surface area contributed by atoms with Gasteiger partial charge in [-0.1, -0.05) is 24.2 Å². The molecule has 0 aromatic heterocycles. The Bertz CT molecular complexity index is 398. The average Bonchev–Trinajstić information content (AvgIpc) is 2.14. The van der Waals surface area contributed by atoms with Crippen molar-refractivity contribution in [3.05, 3.63) is 41.2 Å². The molecule has 0 amide bonds. The molecular formula is C10H7ClFNO. The Hall–Kier alpha value is -1.53. The fraction of sp³-hybridized carbons (Fsp3) is 0.100. The van der Waals surface area contributed by atoms with Crippen LogP contribution in [0.3, 0.4) is 0 Å². The molecule has 0 saturated carbocycles. The van der Waals surface area contributed by atoms with Crippen LogP contribution in [0.2, 0.25) is 0 Å². The molecule has 0 fully saturated rings. The van der Waals surface area contributed by atoms with Gasteiger partial charge < -0.3 is 4.74 Å². The van der Waals surface area contributed by atoms with Gasteiger partial charge in [0.1, 0.15) is 29.8 Å². The molecule has 0 aliphatic heterocycles. The molecule has 0 radical (unpaired) electrons. The third kappa shape index (κ3) is 2.48. The Labute approximate surface area is 86.2 Å². The zero-order chi connectivity index (χ0) is 10.6. The summed E-state index contributed by atoms with van der Waals surface area (Å²) in [6, 6.07) is 5.87. The van der Waals surface area contributed by atoms with Crippen LogP contribution in [0.15, 0.2) is 29.8 Å². The van der Waals surface area contributed by atoms with Gasteiger partial charge in [0.15, 0.2) is 0 Å². The van der Waals surface area contributed by atoms with Gasteiger partial charge in [-0.15, -0.1) is 0 Å². The van der Waals surface area contributed by atoms with E-state index in [1.165, 1.54) is 18.2 Å². The third-order valence-electron chi connectivity index (χ3n) is 1.47. The van der Waals surface area contributed by atoms with Crippen LogP contribution in [0.25, 0.3) is 0 Å². The average molecular weight is 212 g/mol. The van der Waals surface area contributed by atoms with Gasteiger partial charge in [0.2, 0.25) is 0 Å². The number of nitrogens with zero attached hydrogens (tertiary/aromatic N) is 1. The van der Waals surface area contributed by atoms with Crippen LogP contribution in [0, 0.1) is 17.1 Å². The first-order chi connectivity index (χ1) is 6.65. The van der Waals surface area contributed by atoms with Crippen molar-refractivity contribution in [2.75, 3.05) is 6.61 Å². The van der Waals surface area contributed by atoms with Crippen LogP contribution in [0.5, 0.6) is 5.75 Å². The lowest BCUT2D eigenvalue weighted by Crippen LogP contribution is -1.99. The number of benzene rings is 1. The van der Waals surface area contributed by atoms with E-state index in [0.717, 1.165) is 0 Å². The predicted molar refractivity (Wildman–Crippen MR) is 51.6 cm³/mol. The standard InChI is InChI=1S/C10H7ClFNO/c1-7(11)6-14-10-4-2-3-9(12)8(10)5-13/h2-4H,1,6H2. The summed E-state index contributed by atoms with van der Waals surface area (Å²) in [4.78, 5) is 0. The molecule has 1 aromatic rings. The van der Waals surface area contributed by atoms with Crippen LogP contribution in [0.4, 0.5) is 4.39 Å². The minimum atomic E-state index is -0.606. The monoisotopic (exact) mass is 211 g/mol. The highest BCUT2D eigenvalue weighted by atomic mass is 35.5. The SMILES string of the molecule is C=C(Cl)COc1cccc(F)c1C#N. The van der Waals surface area contributed by atoms with Crippen molar-refractivity contribution in [2.45, 2.75) is 0 Å². The van der Waals surface area contributed by atoms with Crippen molar-refractivity contribution < 1.29 is 9.13 Å². The lowest BCUT2D eigenvalue weighted by molar-refractivity contribution is 0.356. The molecule has 0 atom stereocenters. The summed E-state index contributed by atoms with van der Waals surface area (Å²) in [6.07, 6.45) is 0. The minimum Gasteiger partial charge on any atom is -0.487 e. The van der Waals surface area contributed by atoms with E-state index in [9.17, 15) is 4.39 Å². The van der Waals surface area contributed by atoms with E-state index in [1.54, 1.807) is 6.07 Å². The molecule has 2 nitrogen and oxygen atoms in total. The molecule has 72 valence electrons. The number of nitriles is 1. The summed E-state index contributed by atoms with van der Waals surface area (Å²) in [6.45, 7) is 3.47. The second-order valence-corrected chi connectivity index (χ2v) is 3.07. The van der Waals surface area contributed by atoms with E-state index in [0.29, 0.717) is 0 Å². The maximum Gasteiger partial charge on any atom is 0.144 e. The van der Waals surface area contributed by atoms with Gasteiger partial charge in [0.05, 0.1) is 0 Å². The largest absolute Gasteiger partial charge is 0.487 e. The Morgan fingerprint density at radius 3 is 2.93 bits per heavy atom. The first-order valence-corrected chi connectivity index (χ1v) is 4.17. The summed E-state index contributed by atoms with van der Waals surface area (Å²) < 4.78 is 18.1. The quantitative estimate of drug-likeness (QED) is 0.770. The zero-order valence-corrected chi connectivity index (χ0v) is 8.01. The third-order valence-corrected chi connectivity index (χ3v) is 1.58. The normalized spacial score (nSPS) is 9.21. The van der Waals surface area contributed by atoms with E-state index in [2.05, 4.69) is 6.58 Å². The van der Waals surface area contributed by atoms with E-state index in [-0.39, 0.29) is 23.0 Å². The van der Waals surface area contributed by atoms with Gasteiger partial charge in [-0.3, -0.25) is 0 Å². The van der Waals surface area contributed by atoms with Gasteiger partial charge in [0.25, 0.3) is 0 Å². The Morgan fingerprint density at radius 1 is 1.64 bits per heavy atom. The smallest absolute Gasteiger partial charge is 0.144 e. The molecular weight excluding hydrogens is 205 g/mol. The molecule has 0 unspecified atom stereocenters. The second kappa shape index (κ2) is 4.64. The fourth-order valence-corrected chi connectivity index (χ4v) is 0.944. The van der Waals surface area contributed by atoms with Crippen molar-refractivity contribution >= 4 is 11.6 Å². The summed E-state index contributed by atoms with van der Waals surface area (Å²) in [5.74, 6) is -0.431. The van der Waals surface area contributed by atoms with Crippen LogP contribution in [-0.2, 0) is 0 Å². The van der Waals surface area contributed by atoms with Crippen LogP contribution in [0.1, 0.15) is 5.56 Å². The molecule has 0 aliphatic rings. The van der Waals surface area contributed by atoms with Gasteiger partial charge in [-0.2, -0.15) is 5.26 Å². The van der Waals surface area contributed by atoms with E-state index in [4.69, 9.17) is 21.6 Å². The fourth-order valence-electron chi connectivity index (χ4n) is 0.889. The molecule has 0 saturated heterocycles. The predicted octanol–water partition coefficient (Wildman–Crippen LogP) is 2.83. The highest BCUT2D eigenvalue weighted by Crippen LogP contribution is 2.20. The topological polar surface area (TPSA) is 33.0 Å². The summed E-state index contributed by atoms with van der Waals surface area (Å²) in [5, 5.41) is 8.93. The minimum absolute atomic E-state index is 0.0552. The van der Waals surface area contributed by atoms with Gasteiger partial charge >= 0.3 is 0 Å². The number of hydrogen-bond donors (Lipinski definition) is 0. The number of ether oxygens (including phenoxy) is 1. The lowest BCUT2D eigenvalue weighted by Gasteiger charge is -2.06. The molecule has 0 bridgehead atoms. The van der Waals surface area contributed by atoms with Crippen molar-refractivity contribution in [2.24, 2.45) is 0 Å². The highest BCUT2D eigenvalue weighted by molar-refractivity contribution is 6.29. The van der Waals surface area contributed by atoms with Crippen molar-refractivity contribution in [3.63, 3.8) is 0 Å². The van der Waals surface area contributed by atoms with E-state index in [1.807, 2.05) is 0 Å². The second-order valence-electron chi connectivity index (χ2n) is 2.53. The van der Waals surface area contributed by atoms with E-state index < -0.39 is 5.82 Å². The summed E-state index contributed by atoms with van der Waals surface area (Å²) in [7, 11) is 0. The molecule has 0 aliphatic carbocycles. The number of halogens is 2. The Kier molecular flexibility index (Phi) is 3.49. The highest BCUT2D eigenvalue weighted by Gasteiger charge is 2.08. The molecule has 0 heterocycles. The molecule has 0 N–H and O–H groups in total. The Balaban J connectivity index is 2.92. The van der Waals surface area contributed by atoms with Gasteiger partial charge in [0, 0.05) is 5.03 Å². The first kappa shape index (κ1) is 10.6. The van der Waals surface area contributed by atoms with Crippen LogP contribution in [-0.4, -0.2) is 6.61 Å². The molecule has 0 spiro atoms. The Morgan fingerprint density at radius 2 is 2.36 bits per heavy atom. The van der Waals surface area contributed by atoms with Gasteiger partial charge in [-0.25, -0.2) is 4.39 Å². The first-order valence-electron chi connectivity index (χ1n) is 3.80. The number of rotatable bonds is 3. The van der Waals surface area contributed by atoms with Crippen molar-refractivity contribution in [3.8, 4) is 11.8 Å². The molecule has 4 heteroatoms. The van der Waals surface area contributed by atoms with Crippen molar-refractivity contribution in [1.82, 2.24) is 0 Å². The van der Waals surface area contributed by atoms with E-state index >= 15 is 0 Å². The maximum atomic E-state index is 13.0. The summed E-state index contributed by atoms with van der Waals surface area (Å²) in [5.41, 5.74) is -0.120. The lowest BCUT2D eigenvalue weighted by atomic mass is 10.2. The molecule has 1 aromatic carbocycles. The summed E-state index contributed by atoms with van der Waals surface area (Å²) >= 11 is 5.47. The van der Waals surface area contributed by atoms with Crippen molar-refractivity contribution in [1.29, 1.82) is 5.26 Å². The number of hydrogen-bond acceptors (Lipinski definition) is 2. The van der Waals surface area contributed by atoms with Gasteiger partial charge in [-0.05, 0) is 12.1 Å². The molecule has 1 rings (SSSR count). The van der Waals surface area contributed by atoms with Crippen LogP contribution < -0.4 is 4.74 Å². The van der Waals surface area contributed by atoms with Crippen LogP contribution >= 0.6 is 11.6 Å². The zero-order valence-electron chi connectivity index (χ0n) is 7.26.